The minimum Gasteiger partial charge on any atom is -0.311 e. The van der Waals surface area contributed by atoms with Crippen LogP contribution < -0.4 is 9.62 Å². The fourth-order valence-corrected chi connectivity index (χ4v) is 4.57. The summed E-state index contributed by atoms with van der Waals surface area (Å²) < 4.78 is 27.1. The van der Waals surface area contributed by atoms with Crippen LogP contribution in [0.3, 0.4) is 0 Å². The van der Waals surface area contributed by atoms with E-state index >= 15 is 0 Å². The second kappa shape index (κ2) is 7.44. The molecular weight excluding hydrogens is 356 g/mol. The molecule has 2 aromatic rings. The Hall–Kier alpha value is -1.41. The normalized spacial score (nSPS) is 11.4. The quantitative estimate of drug-likeness (QED) is 0.847. The molecule has 124 valence electrons. The number of benzene rings is 1. The third kappa shape index (κ3) is 4.78. The van der Waals surface area contributed by atoms with E-state index in [1.165, 1.54) is 23.2 Å². The maximum Gasteiger partial charge on any atom is 0.250 e. The highest BCUT2D eigenvalue weighted by atomic mass is 35.5. The van der Waals surface area contributed by atoms with E-state index in [0.717, 1.165) is 4.88 Å². The number of anilines is 1. The maximum atomic E-state index is 12.2. The van der Waals surface area contributed by atoms with Gasteiger partial charge in [0.05, 0.1) is 0 Å². The first-order chi connectivity index (χ1) is 10.8. The van der Waals surface area contributed by atoms with Gasteiger partial charge in [0.1, 0.15) is 4.21 Å². The monoisotopic (exact) mass is 372 g/mol. The van der Waals surface area contributed by atoms with Crippen LogP contribution in [0.4, 0.5) is 5.69 Å². The third-order valence-corrected chi connectivity index (χ3v) is 6.30. The third-order valence-electron chi connectivity index (χ3n) is 3.11. The van der Waals surface area contributed by atoms with Gasteiger partial charge in [-0.2, -0.15) is 0 Å². The molecular formula is C15H17ClN2O3S2. The second-order valence-electron chi connectivity index (χ2n) is 4.91. The summed E-state index contributed by atoms with van der Waals surface area (Å²) in [5.74, 6) is -0.182. The highest BCUT2D eigenvalue weighted by Crippen LogP contribution is 2.21. The van der Waals surface area contributed by atoms with Crippen LogP contribution in [0.15, 0.2) is 40.6 Å². The minimum absolute atomic E-state index is 0.116. The van der Waals surface area contributed by atoms with Crippen LogP contribution >= 0.6 is 22.9 Å². The van der Waals surface area contributed by atoms with Crippen LogP contribution in [0.1, 0.15) is 11.8 Å². The predicted octanol–water partition coefficient (Wildman–Crippen LogP) is 3.04. The molecule has 8 heteroatoms. The first kappa shape index (κ1) is 17.9. The lowest BCUT2D eigenvalue weighted by Gasteiger charge is -2.21. The fourth-order valence-electron chi connectivity index (χ4n) is 2.03. The number of thiophene rings is 1. The molecule has 1 heterocycles. The van der Waals surface area contributed by atoms with Gasteiger partial charge >= 0.3 is 0 Å². The van der Waals surface area contributed by atoms with Crippen molar-refractivity contribution in [3.8, 4) is 0 Å². The lowest BCUT2D eigenvalue weighted by molar-refractivity contribution is -0.116. The van der Waals surface area contributed by atoms with Crippen molar-refractivity contribution >= 4 is 44.6 Å². The van der Waals surface area contributed by atoms with Crippen molar-refractivity contribution in [1.29, 1.82) is 0 Å². The van der Waals surface area contributed by atoms with Crippen LogP contribution in [0, 0.1) is 6.92 Å². The Morgan fingerprint density at radius 2 is 2.04 bits per heavy atom. The number of carbonyl (C=O) groups excluding carboxylic acids is 1. The van der Waals surface area contributed by atoms with Crippen molar-refractivity contribution in [1.82, 2.24) is 4.72 Å². The van der Waals surface area contributed by atoms with E-state index in [1.54, 1.807) is 36.4 Å². The van der Waals surface area contributed by atoms with Gasteiger partial charge in [0.15, 0.2) is 0 Å². The van der Waals surface area contributed by atoms with Gasteiger partial charge in [0.25, 0.3) is 0 Å². The Labute approximate surface area is 144 Å². The molecule has 0 aliphatic carbocycles. The summed E-state index contributed by atoms with van der Waals surface area (Å²) in [6.45, 7) is 3.61. The second-order valence-corrected chi connectivity index (χ2v) is 8.63. The van der Waals surface area contributed by atoms with Gasteiger partial charge in [0.2, 0.25) is 15.9 Å². The fraction of sp³-hybridized carbons (Fsp3) is 0.267. The predicted molar refractivity (Wildman–Crippen MR) is 93.7 cm³/mol. The lowest BCUT2D eigenvalue weighted by Crippen LogP contribution is -2.37. The zero-order valence-corrected chi connectivity index (χ0v) is 15.1. The van der Waals surface area contributed by atoms with Gasteiger partial charge in [-0.3, -0.25) is 4.79 Å². The molecule has 0 fully saturated rings. The van der Waals surface area contributed by atoms with E-state index in [1.807, 2.05) is 6.92 Å². The van der Waals surface area contributed by atoms with E-state index in [9.17, 15) is 13.2 Å². The Bertz CT molecular complexity index is 803. The summed E-state index contributed by atoms with van der Waals surface area (Å²) in [7, 11) is -3.55. The number of rotatable bonds is 6. The molecule has 1 amide bonds. The summed E-state index contributed by atoms with van der Waals surface area (Å²) in [6, 6.07) is 10.2. The van der Waals surface area contributed by atoms with Crippen molar-refractivity contribution in [3.05, 3.63) is 46.3 Å². The van der Waals surface area contributed by atoms with E-state index in [4.69, 9.17) is 11.6 Å². The Morgan fingerprint density at radius 1 is 1.30 bits per heavy atom. The molecule has 23 heavy (non-hydrogen) atoms. The number of hydrogen-bond acceptors (Lipinski definition) is 4. The molecule has 1 aromatic carbocycles. The molecule has 0 radical (unpaired) electrons. The Balaban J connectivity index is 2.04. The highest BCUT2D eigenvalue weighted by Gasteiger charge is 2.17. The van der Waals surface area contributed by atoms with Crippen LogP contribution in [-0.4, -0.2) is 27.4 Å². The van der Waals surface area contributed by atoms with Crippen LogP contribution in [0.25, 0.3) is 0 Å². The SMILES string of the molecule is CC(=O)N(CCNS(=O)(=O)c1ccc(C)s1)c1cccc(Cl)c1. The lowest BCUT2D eigenvalue weighted by atomic mass is 10.3. The van der Waals surface area contributed by atoms with Gasteiger partial charge in [-0.15, -0.1) is 11.3 Å². The van der Waals surface area contributed by atoms with Gasteiger partial charge in [-0.1, -0.05) is 17.7 Å². The molecule has 0 saturated carbocycles. The Kier molecular flexibility index (Phi) is 5.80. The van der Waals surface area contributed by atoms with Crippen molar-refractivity contribution < 1.29 is 13.2 Å². The van der Waals surface area contributed by atoms with Crippen LogP contribution in [0.2, 0.25) is 5.02 Å². The van der Waals surface area contributed by atoms with E-state index in [2.05, 4.69) is 4.72 Å². The summed E-state index contributed by atoms with van der Waals surface area (Å²) in [4.78, 5) is 14.2. The number of sulfonamides is 1. The zero-order chi connectivity index (χ0) is 17.0. The molecule has 0 aliphatic heterocycles. The van der Waals surface area contributed by atoms with Crippen molar-refractivity contribution in [2.24, 2.45) is 0 Å². The van der Waals surface area contributed by atoms with Crippen molar-refractivity contribution in [3.63, 3.8) is 0 Å². The van der Waals surface area contributed by atoms with Gasteiger partial charge in [-0.05, 0) is 37.3 Å². The number of halogens is 1. The van der Waals surface area contributed by atoms with Gasteiger partial charge < -0.3 is 4.90 Å². The summed E-state index contributed by atoms with van der Waals surface area (Å²) in [6.07, 6.45) is 0. The average Bonchev–Trinajstić information content (AvgIpc) is 2.90. The van der Waals surface area contributed by atoms with Gasteiger partial charge in [-0.25, -0.2) is 13.1 Å². The summed E-state index contributed by atoms with van der Waals surface area (Å²) >= 11 is 7.14. The number of aryl methyl sites for hydroxylation is 1. The van der Waals surface area contributed by atoms with Crippen LogP contribution in [-0.2, 0) is 14.8 Å². The first-order valence-corrected chi connectivity index (χ1v) is 9.57. The number of carbonyl (C=O) groups is 1. The Morgan fingerprint density at radius 3 is 2.61 bits per heavy atom. The summed E-state index contributed by atoms with van der Waals surface area (Å²) in [5.41, 5.74) is 0.635. The number of hydrogen-bond donors (Lipinski definition) is 1. The van der Waals surface area contributed by atoms with E-state index in [0.29, 0.717) is 10.7 Å². The van der Waals surface area contributed by atoms with Crippen LogP contribution in [0.5, 0.6) is 0 Å². The van der Waals surface area contributed by atoms with E-state index < -0.39 is 10.0 Å². The molecule has 0 bridgehead atoms. The first-order valence-electron chi connectivity index (χ1n) is 6.89. The molecule has 0 aliphatic rings. The van der Waals surface area contributed by atoms with Gasteiger partial charge in [0, 0.05) is 35.6 Å². The largest absolute Gasteiger partial charge is 0.311 e. The summed E-state index contributed by atoms with van der Waals surface area (Å²) in [5, 5.41) is 0.517. The zero-order valence-electron chi connectivity index (χ0n) is 12.7. The molecule has 0 unspecified atom stereocenters. The van der Waals surface area contributed by atoms with Crippen molar-refractivity contribution in [2.75, 3.05) is 18.0 Å². The maximum absolute atomic E-state index is 12.2. The number of amides is 1. The standard InChI is InChI=1S/C15H17ClN2O3S2/c1-11-6-7-15(22-11)23(20,21)17-8-9-18(12(2)19)14-5-3-4-13(16)10-14/h3-7,10,17H,8-9H2,1-2H3. The molecule has 2 rings (SSSR count). The molecule has 0 saturated heterocycles. The molecule has 0 atom stereocenters. The highest BCUT2D eigenvalue weighted by molar-refractivity contribution is 7.91. The minimum atomic E-state index is -3.55. The van der Waals surface area contributed by atoms with Crippen molar-refractivity contribution in [2.45, 2.75) is 18.1 Å². The molecule has 1 aromatic heterocycles. The topological polar surface area (TPSA) is 66.5 Å². The molecule has 0 spiro atoms. The number of nitrogens with one attached hydrogen (secondary N) is 1. The molecule has 1 N–H and O–H groups in total. The average molecular weight is 373 g/mol. The molecule has 5 nitrogen and oxygen atoms in total. The number of nitrogens with zero attached hydrogens (tertiary/aromatic N) is 1. The smallest absolute Gasteiger partial charge is 0.250 e. The van der Waals surface area contributed by atoms with E-state index in [-0.39, 0.29) is 23.2 Å².